The highest BCUT2D eigenvalue weighted by molar-refractivity contribution is 5.64. The Morgan fingerprint density at radius 3 is 2.68 bits per heavy atom. The Morgan fingerprint density at radius 1 is 1.19 bits per heavy atom. The minimum absolute atomic E-state index is 0.375. The van der Waals surface area contributed by atoms with Crippen LogP contribution in [0, 0.1) is 6.92 Å². The minimum atomic E-state index is 0.375. The molecule has 0 spiro atoms. The molecular weight excluding hydrogens is 388 g/mol. The van der Waals surface area contributed by atoms with E-state index in [1.54, 1.807) is 0 Å². The van der Waals surface area contributed by atoms with Gasteiger partial charge in [0.1, 0.15) is 11.6 Å². The number of anilines is 3. The van der Waals surface area contributed by atoms with E-state index >= 15 is 0 Å². The van der Waals surface area contributed by atoms with Crippen LogP contribution >= 0.6 is 0 Å². The molecule has 0 bridgehead atoms. The van der Waals surface area contributed by atoms with Crippen molar-refractivity contribution in [3.63, 3.8) is 0 Å². The van der Waals surface area contributed by atoms with Gasteiger partial charge in [-0.15, -0.1) is 0 Å². The van der Waals surface area contributed by atoms with Crippen molar-refractivity contribution in [3.8, 4) is 5.75 Å². The summed E-state index contributed by atoms with van der Waals surface area (Å²) in [5.74, 6) is 2.93. The van der Waals surface area contributed by atoms with E-state index in [-0.39, 0.29) is 0 Å². The zero-order valence-electron chi connectivity index (χ0n) is 18.9. The average Bonchev–Trinajstić information content (AvgIpc) is 3.31. The maximum Gasteiger partial charge on any atom is 0.227 e. The summed E-state index contributed by atoms with van der Waals surface area (Å²) in [7, 11) is 0. The summed E-state index contributed by atoms with van der Waals surface area (Å²) in [6, 6.07) is 6.72. The second kappa shape index (κ2) is 9.37. The number of aromatic nitrogens is 4. The first-order valence-electron chi connectivity index (χ1n) is 11.1. The molecule has 2 aromatic heterocycles. The van der Waals surface area contributed by atoms with Crippen LogP contribution in [0.2, 0.25) is 0 Å². The number of aryl methyl sites for hydroxylation is 1. The fraction of sp³-hybridized carbons (Fsp3) is 0.458. The minimum Gasteiger partial charge on any atom is -0.494 e. The summed E-state index contributed by atoms with van der Waals surface area (Å²) in [4.78, 5) is 15.8. The first-order valence-corrected chi connectivity index (χ1v) is 11.1. The summed E-state index contributed by atoms with van der Waals surface area (Å²) in [6.45, 7) is 11.0. The molecule has 1 aromatic carbocycles. The molecule has 1 aliphatic heterocycles. The maximum atomic E-state index is 5.85. The third-order valence-corrected chi connectivity index (χ3v) is 5.88. The number of imidazole rings is 1. The SMILES string of the molecule is CCOc1cc(C)c(Nc2ccnc(N3CCC(n4ccnc4)CC3)n2)cc1C(C)C. The van der Waals surface area contributed by atoms with E-state index in [0.717, 1.165) is 54.7 Å². The van der Waals surface area contributed by atoms with Crippen LogP contribution in [0.15, 0.2) is 43.1 Å². The largest absolute Gasteiger partial charge is 0.494 e. The van der Waals surface area contributed by atoms with E-state index in [1.807, 2.05) is 37.9 Å². The van der Waals surface area contributed by atoms with Crippen molar-refractivity contribution in [1.82, 2.24) is 19.5 Å². The number of rotatable bonds is 7. The number of piperidine rings is 1. The first kappa shape index (κ1) is 21.2. The molecule has 0 unspecified atom stereocenters. The van der Waals surface area contributed by atoms with Crippen molar-refractivity contribution in [2.45, 2.75) is 52.5 Å². The van der Waals surface area contributed by atoms with E-state index in [4.69, 9.17) is 9.72 Å². The van der Waals surface area contributed by atoms with Crippen LogP contribution in [0.25, 0.3) is 0 Å². The molecule has 0 saturated carbocycles. The van der Waals surface area contributed by atoms with Gasteiger partial charge in [-0.3, -0.25) is 0 Å². The van der Waals surface area contributed by atoms with Gasteiger partial charge in [-0.2, -0.15) is 4.98 Å². The van der Waals surface area contributed by atoms with Crippen molar-refractivity contribution < 1.29 is 4.74 Å². The quantitative estimate of drug-likeness (QED) is 0.574. The first-order chi connectivity index (χ1) is 15.0. The fourth-order valence-electron chi connectivity index (χ4n) is 4.12. The predicted molar refractivity (Wildman–Crippen MR) is 124 cm³/mol. The molecular formula is C24H32N6O. The van der Waals surface area contributed by atoms with E-state index in [1.165, 1.54) is 5.56 Å². The highest BCUT2D eigenvalue weighted by atomic mass is 16.5. The summed E-state index contributed by atoms with van der Waals surface area (Å²) in [5.41, 5.74) is 3.38. The van der Waals surface area contributed by atoms with Gasteiger partial charge in [0.05, 0.1) is 12.9 Å². The van der Waals surface area contributed by atoms with Crippen molar-refractivity contribution in [1.29, 1.82) is 0 Å². The Morgan fingerprint density at radius 2 is 2.00 bits per heavy atom. The molecule has 7 heteroatoms. The van der Waals surface area contributed by atoms with Gasteiger partial charge in [-0.05, 0) is 61.9 Å². The van der Waals surface area contributed by atoms with Crippen LogP contribution in [-0.2, 0) is 0 Å². The van der Waals surface area contributed by atoms with Crippen LogP contribution in [0.5, 0.6) is 5.75 Å². The van der Waals surface area contributed by atoms with E-state index < -0.39 is 0 Å². The van der Waals surface area contributed by atoms with Crippen LogP contribution < -0.4 is 15.0 Å². The lowest BCUT2D eigenvalue weighted by atomic mass is 9.99. The van der Waals surface area contributed by atoms with Crippen molar-refractivity contribution in [2.75, 3.05) is 29.9 Å². The summed E-state index contributed by atoms with van der Waals surface area (Å²) < 4.78 is 8.06. The second-order valence-corrected chi connectivity index (χ2v) is 8.39. The molecule has 0 aliphatic carbocycles. The number of benzene rings is 1. The molecule has 7 nitrogen and oxygen atoms in total. The Labute approximate surface area is 184 Å². The molecule has 164 valence electrons. The Hall–Kier alpha value is -3.09. The Bertz CT molecular complexity index is 993. The van der Waals surface area contributed by atoms with Crippen LogP contribution in [-0.4, -0.2) is 39.2 Å². The van der Waals surface area contributed by atoms with Gasteiger partial charge in [-0.1, -0.05) is 13.8 Å². The van der Waals surface area contributed by atoms with Gasteiger partial charge in [0.25, 0.3) is 0 Å². The summed E-state index contributed by atoms with van der Waals surface area (Å²) in [6.07, 6.45) is 9.76. The average molecular weight is 421 g/mol. The van der Waals surface area contributed by atoms with Gasteiger partial charge in [0.15, 0.2) is 0 Å². The lowest BCUT2D eigenvalue weighted by Gasteiger charge is -2.32. The fourth-order valence-corrected chi connectivity index (χ4v) is 4.12. The van der Waals surface area contributed by atoms with Crippen LogP contribution in [0.4, 0.5) is 17.5 Å². The zero-order valence-corrected chi connectivity index (χ0v) is 18.9. The van der Waals surface area contributed by atoms with Gasteiger partial charge < -0.3 is 19.5 Å². The molecule has 3 aromatic rings. The number of hydrogen-bond acceptors (Lipinski definition) is 6. The van der Waals surface area contributed by atoms with Gasteiger partial charge >= 0.3 is 0 Å². The molecule has 0 atom stereocenters. The summed E-state index contributed by atoms with van der Waals surface area (Å²) >= 11 is 0. The van der Waals surface area contributed by atoms with Gasteiger partial charge in [0, 0.05) is 43.4 Å². The molecule has 0 radical (unpaired) electrons. The smallest absolute Gasteiger partial charge is 0.227 e. The molecule has 3 heterocycles. The monoisotopic (exact) mass is 420 g/mol. The number of ether oxygens (including phenoxy) is 1. The van der Waals surface area contributed by atoms with E-state index in [0.29, 0.717) is 18.6 Å². The normalized spacial score (nSPS) is 14.8. The molecule has 1 saturated heterocycles. The third-order valence-electron chi connectivity index (χ3n) is 5.88. The molecule has 1 fully saturated rings. The Kier molecular flexibility index (Phi) is 6.39. The number of nitrogens with zero attached hydrogens (tertiary/aromatic N) is 5. The number of hydrogen-bond donors (Lipinski definition) is 1. The molecule has 1 aliphatic rings. The number of nitrogens with one attached hydrogen (secondary N) is 1. The van der Waals surface area contributed by atoms with Gasteiger partial charge in [-0.25, -0.2) is 9.97 Å². The topological polar surface area (TPSA) is 68.1 Å². The van der Waals surface area contributed by atoms with Crippen LogP contribution in [0.1, 0.15) is 56.7 Å². The maximum absolute atomic E-state index is 5.85. The lowest BCUT2D eigenvalue weighted by molar-refractivity contribution is 0.335. The van der Waals surface area contributed by atoms with E-state index in [9.17, 15) is 0 Å². The van der Waals surface area contributed by atoms with Crippen LogP contribution in [0.3, 0.4) is 0 Å². The zero-order chi connectivity index (χ0) is 21.8. The summed E-state index contributed by atoms with van der Waals surface area (Å²) in [5, 5.41) is 3.50. The highest BCUT2D eigenvalue weighted by Crippen LogP contribution is 2.33. The van der Waals surface area contributed by atoms with Crippen molar-refractivity contribution in [2.24, 2.45) is 0 Å². The lowest BCUT2D eigenvalue weighted by Crippen LogP contribution is -2.35. The highest BCUT2D eigenvalue weighted by Gasteiger charge is 2.22. The van der Waals surface area contributed by atoms with E-state index in [2.05, 4.69) is 57.7 Å². The molecule has 0 amide bonds. The predicted octanol–water partition coefficient (Wildman–Crippen LogP) is 5.09. The van der Waals surface area contributed by atoms with Crippen molar-refractivity contribution >= 4 is 17.5 Å². The standard InChI is InChI=1S/C24H32N6O/c1-5-31-22-14-18(4)21(15-20(22)17(2)3)27-23-6-9-26-24(28-23)29-11-7-19(8-12-29)30-13-10-25-16-30/h6,9-10,13-17,19H,5,7-8,11-12H2,1-4H3,(H,26,27,28). The third kappa shape index (κ3) is 4.81. The molecule has 31 heavy (non-hydrogen) atoms. The Balaban J connectivity index is 1.48. The van der Waals surface area contributed by atoms with Gasteiger partial charge in [0.2, 0.25) is 5.95 Å². The second-order valence-electron chi connectivity index (χ2n) is 8.39. The molecule has 4 rings (SSSR count). The molecule has 1 N–H and O–H groups in total. The van der Waals surface area contributed by atoms with Crippen molar-refractivity contribution in [3.05, 3.63) is 54.2 Å².